The fraction of sp³-hybridized carbons (Fsp3) is 0.500. The van der Waals surface area contributed by atoms with Crippen molar-refractivity contribution in [3.8, 4) is 0 Å². The van der Waals surface area contributed by atoms with Crippen molar-refractivity contribution in [1.82, 2.24) is 25.4 Å². The number of aryl methyl sites for hydroxylation is 2. The molecule has 7 heteroatoms. The van der Waals surface area contributed by atoms with E-state index in [9.17, 15) is 0 Å². The summed E-state index contributed by atoms with van der Waals surface area (Å²) in [5.41, 5.74) is 2.69. The summed E-state index contributed by atoms with van der Waals surface area (Å²) >= 11 is 0. The highest BCUT2D eigenvalue weighted by Gasteiger charge is 2.20. The molecule has 0 radical (unpaired) electrons. The average Bonchev–Trinajstić information content (AvgIpc) is 3.00. The van der Waals surface area contributed by atoms with Gasteiger partial charge in [0.1, 0.15) is 6.33 Å². The van der Waals surface area contributed by atoms with Crippen LogP contribution in [0.2, 0.25) is 0 Å². The first-order valence-electron chi connectivity index (χ1n) is 8.33. The Morgan fingerprint density at radius 3 is 2.40 bits per heavy atom. The van der Waals surface area contributed by atoms with Crippen LogP contribution in [0.1, 0.15) is 37.7 Å². The lowest BCUT2D eigenvalue weighted by Crippen LogP contribution is -2.43. The molecule has 0 aliphatic heterocycles. The van der Waals surface area contributed by atoms with E-state index in [0.29, 0.717) is 6.54 Å². The van der Waals surface area contributed by atoms with E-state index in [2.05, 4.69) is 70.9 Å². The van der Waals surface area contributed by atoms with Gasteiger partial charge in [0.15, 0.2) is 11.8 Å². The van der Waals surface area contributed by atoms with Gasteiger partial charge in [0.2, 0.25) is 0 Å². The van der Waals surface area contributed by atoms with Crippen LogP contribution in [0.3, 0.4) is 0 Å². The first-order valence-corrected chi connectivity index (χ1v) is 8.33. The van der Waals surface area contributed by atoms with E-state index in [1.165, 1.54) is 11.1 Å². The third kappa shape index (κ3) is 5.98. The molecule has 25 heavy (non-hydrogen) atoms. The van der Waals surface area contributed by atoms with Crippen molar-refractivity contribution in [3.63, 3.8) is 0 Å². The van der Waals surface area contributed by atoms with Crippen molar-refractivity contribution >= 4 is 29.9 Å². The van der Waals surface area contributed by atoms with Crippen molar-refractivity contribution in [2.75, 3.05) is 13.6 Å². The molecule has 1 aromatic carbocycles. The Morgan fingerprint density at radius 1 is 1.20 bits per heavy atom. The van der Waals surface area contributed by atoms with Crippen molar-refractivity contribution in [2.45, 2.75) is 39.2 Å². The normalized spacial score (nSPS) is 11.8. The Labute approximate surface area is 167 Å². The van der Waals surface area contributed by atoms with E-state index >= 15 is 0 Å². The molecular formula is C18H29IN6. The molecule has 6 nitrogen and oxygen atoms in total. The van der Waals surface area contributed by atoms with Crippen molar-refractivity contribution in [1.29, 1.82) is 0 Å². The van der Waals surface area contributed by atoms with Crippen LogP contribution < -0.4 is 10.6 Å². The maximum Gasteiger partial charge on any atom is 0.191 e. The summed E-state index contributed by atoms with van der Waals surface area (Å²) in [7, 11) is 3.70. The molecule has 2 aromatic rings. The van der Waals surface area contributed by atoms with Crippen molar-refractivity contribution in [3.05, 3.63) is 47.5 Å². The second-order valence-electron chi connectivity index (χ2n) is 6.57. The summed E-state index contributed by atoms with van der Waals surface area (Å²) in [5, 5.41) is 14.6. The quantitative estimate of drug-likeness (QED) is 0.399. The van der Waals surface area contributed by atoms with Crippen LogP contribution in [0.15, 0.2) is 35.6 Å². The lowest BCUT2D eigenvalue weighted by atomic mass is 9.84. The van der Waals surface area contributed by atoms with Gasteiger partial charge in [-0.05, 0) is 17.5 Å². The van der Waals surface area contributed by atoms with E-state index in [1.807, 2.05) is 11.6 Å². The monoisotopic (exact) mass is 456 g/mol. The maximum absolute atomic E-state index is 4.28. The summed E-state index contributed by atoms with van der Waals surface area (Å²) in [5.74, 6) is 1.63. The molecule has 0 aliphatic rings. The Kier molecular flexibility index (Phi) is 8.34. The fourth-order valence-electron chi connectivity index (χ4n) is 2.45. The molecule has 0 saturated heterocycles. The largest absolute Gasteiger partial charge is 0.356 e. The van der Waals surface area contributed by atoms with Crippen LogP contribution in [0.25, 0.3) is 0 Å². The molecule has 0 unspecified atom stereocenters. The van der Waals surface area contributed by atoms with Crippen LogP contribution in [0.5, 0.6) is 0 Å². The highest BCUT2D eigenvalue weighted by Crippen LogP contribution is 2.22. The van der Waals surface area contributed by atoms with Gasteiger partial charge in [-0.2, -0.15) is 0 Å². The molecule has 0 amide bonds. The smallest absolute Gasteiger partial charge is 0.191 e. The third-order valence-corrected chi connectivity index (χ3v) is 4.28. The van der Waals surface area contributed by atoms with Crippen molar-refractivity contribution in [2.24, 2.45) is 12.0 Å². The number of hydrogen-bond donors (Lipinski definition) is 2. The minimum absolute atomic E-state index is 0. The molecule has 0 saturated carbocycles. The number of aliphatic imine (C=N–C) groups is 1. The highest BCUT2D eigenvalue weighted by atomic mass is 127. The molecule has 0 aliphatic carbocycles. The summed E-state index contributed by atoms with van der Waals surface area (Å²) in [4.78, 5) is 4.28. The van der Waals surface area contributed by atoms with Gasteiger partial charge in [0, 0.05) is 26.1 Å². The number of halogens is 1. The second-order valence-corrected chi connectivity index (χ2v) is 6.57. The van der Waals surface area contributed by atoms with Gasteiger partial charge in [0.25, 0.3) is 0 Å². The zero-order valence-corrected chi connectivity index (χ0v) is 18.0. The maximum atomic E-state index is 4.28. The number of benzene rings is 1. The van der Waals surface area contributed by atoms with E-state index in [1.54, 1.807) is 13.4 Å². The van der Waals surface area contributed by atoms with E-state index < -0.39 is 0 Å². The van der Waals surface area contributed by atoms with Gasteiger partial charge in [-0.15, -0.1) is 34.2 Å². The summed E-state index contributed by atoms with van der Waals surface area (Å²) in [6, 6.07) is 8.85. The summed E-state index contributed by atoms with van der Waals surface area (Å²) in [6.07, 6.45) is 2.76. The van der Waals surface area contributed by atoms with Gasteiger partial charge < -0.3 is 15.2 Å². The van der Waals surface area contributed by atoms with E-state index in [0.717, 1.165) is 24.7 Å². The van der Waals surface area contributed by atoms with Crippen LogP contribution in [0.4, 0.5) is 0 Å². The standard InChI is InChI=1S/C18H28N6.HI/c1-6-14-7-9-15(10-8-14)18(2,3)12-21-17(19-4)20-11-16-23-22-13-24(16)5;/h7-10,13H,6,11-12H2,1-5H3,(H2,19,20,21);1H. The van der Waals surface area contributed by atoms with Gasteiger partial charge in [0.05, 0.1) is 6.54 Å². The Hall–Kier alpha value is -1.64. The minimum Gasteiger partial charge on any atom is -0.356 e. The first-order chi connectivity index (χ1) is 11.5. The molecule has 1 aromatic heterocycles. The number of rotatable bonds is 6. The molecule has 2 N–H and O–H groups in total. The minimum atomic E-state index is 0. The molecular weight excluding hydrogens is 427 g/mol. The third-order valence-electron chi connectivity index (χ3n) is 4.28. The number of hydrogen-bond acceptors (Lipinski definition) is 3. The number of aromatic nitrogens is 3. The van der Waals surface area contributed by atoms with Gasteiger partial charge >= 0.3 is 0 Å². The Morgan fingerprint density at radius 2 is 1.88 bits per heavy atom. The zero-order valence-electron chi connectivity index (χ0n) is 15.7. The first kappa shape index (κ1) is 21.4. The molecule has 0 atom stereocenters. The second kappa shape index (κ2) is 9.74. The Balaban J connectivity index is 0.00000312. The number of nitrogens with one attached hydrogen (secondary N) is 2. The summed E-state index contributed by atoms with van der Waals surface area (Å²) in [6.45, 7) is 8.01. The predicted octanol–water partition coefficient (Wildman–Crippen LogP) is 2.64. The zero-order chi connectivity index (χ0) is 17.6. The number of guanidine groups is 1. The molecule has 138 valence electrons. The van der Waals surface area contributed by atoms with Crippen LogP contribution in [0, 0.1) is 0 Å². The Bertz CT molecular complexity index is 675. The van der Waals surface area contributed by atoms with E-state index in [4.69, 9.17) is 0 Å². The predicted molar refractivity (Wildman–Crippen MR) is 113 cm³/mol. The highest BCUT2D eigenvalue weighted by molar-refractivity contribution is 14.0. The lowest BCUT2D eigenvalue weighted by Gasteiger charge is -2.27. The van der Waals surface area contributed by atoms with Crippen LogP contribution in [-0.4, -0.2) is 34.3 Å². The van der Waals surface area contributed by atoms with Gasteiger partial charge in [-0.25, -0.2) is 0 Å². The van der Waals surface area contributed by atoms with Gasteiger partial charge in [-0.3, -0.25) is 4.99 Å². The molecule has 1 heterocycles. The number of nitrogens with zero attached hydrogens (tertiary/aromatic N) is 4. The van der Waals surface area contributed by atoms with Crippen LogP contribution in [-0.2, 0) is 25.4 Å². The van der Waals surface area contributed by atoms with Crippen molar-refractivity contribution < 1.29 is 0 Å². The summed E-state index contributed by atoms with van der Waals surface area (Å²) < 4.78 is 1.89. The molecule has 0 bridgehead atoms. The van der Waals surface area contributed by atoms with Gasteiger partial charge in [-0.1, -0.05) is 45.0 Å². The lowest BCUT2D eigenvalue weighted by molar-refractivity contribution is 0.508. The SMILES string of the molecule is CCc1ccc(C(C)(C)CNC(=NC)NCc2nncn2C)cc1.I. The topological polar surface area (TPSA) is 67.1 Å². The average molecular weight is 456 g/mol. The van der Waals surface area contributed by atoms with E-state index in [-0.39, 0.29) is 29.4 Å². The molecule has 0 fully saturated rings. The molecule has 0 spiro atoms. The van der Waals surface area contributed by atoms with Crippen LogP contribution >= 0.6 is 24.0 Å². The fourth-order valence-corrected chi connectivity index (χ4v) is 2.45. The molecule has 2 rings (SSSR count).